The monoisotopic (exact) mass is 272 g/mol. The standard InChI is InChI=1S/C15H16N2O3/c1-20-14-4-2-3-12(10-14)15(16)9-11-5-7-13(8-6-11)17(18)19/h2-8,10,15H,9,16H2,1H3. The third-order valence-corrected chi connectivity index (χ3v) is 3.12. The van der Waals surface area contributed by atoms with Crippen LogP contribution in [-0.2, 0) is 6.42 Å². The molecule has 2 rings (SSSR count). The quantitative estimate of drug-likeness (QED) is 0.670. The summed E-state index contributed by atoms with van der Waals surface area (Å²) < 4.78 is 5.17. The minimum atomic E-state index is -0.411. The molecule has 0 saturated heterocycles. The molecule has 1 atom stereocenters. The van der Waals surface area contributed by atoms with E-state index in [1.807, 2.05) is 24.3 Å². The number of nitrogens with zero attached hydrogens (tertiary/aromatic N) is 1. The van der Waals surface area contributed by atoms with Gasteiger partial charge in [0, 0.05) is 18.2 Å². The van der Waals surface area contributed by atoms with E-state index in [4.69, 9.17) is 10.5 Å². The lowest BCUT2D eigenvalue weighted by Crippen LogP contribution is -2.13. The summed E-state index contributed by atoms with van der Waals surface area (Å²) in [6.45, 7) is 0. The van der Waals surface area contributed by atoms with Gasteiger partial charge in [0.25, 0.3) is 5.69 Å². The van der Waals surface area contributed by atoms with Crippen molar-refractivity contribution in [2.24, 2.45) is 5.73 Å². The molecule has 0 saturated carbocycles. The number of nitro benzene ring substituents is 1. The maximum Gasteiger partial charge on any atom is 0.269 e. The Balaban J connectivity index is 2.10. The zero-order valence-corrected chi connectivity index (χ0v) is 11.2. The molecule has 0 aromatic heterocycles. The van der Waals surface area contributed by atoms with Gasteiger partial charge in [-0.25, -0.2) is 0 Å². The number of hydrogen-bond donors (Lipinski definition) is 1. The van der Waals surface area contributed by atoms with Gasteiger partial charge in [0.2, 0.25) is 0 Å². The number of non-ortho nitro benzene ring substituents is 1. The van der Waals surface area contributed by atoms with E-state index in [1.54, 1.807) is 19.2 Å². The van der Waals surface area contributed by atoms with Gasteiger partial charge in [-0.1, -0.05) is 24.3 Å². The van der Waals surface area contributed by atoms with Crippen molar-refractivity contribution in [1.82, 2.24) is 0 Å². The van der Waals surface area contributed by atoms with Gasteiger partial charge in [0.15, 0.2) is 0 Å². The van der Waals surface area contributed by atoms with Crippen molar-refractivity contribution in [3.8, 4) is 5.75 Å². The second-order valence-corrected chi connectivity index (χ2v) is 4.51. The number of hydrogen-bond acceptors (Lipinski definition) is 4. The molecule has 0 heterocycles. The molecule has 0 aliphatic heterocycles. The first-order valence-corrected chi connectivity index (χ1v) is 6.23. The summed E-state index contributed by atoms with van der Waals surface area (Å²) in [6, 6.07) is 13.9. The van der Waals surface area contributed by atoms with E-state index >= 15 is 0 Å². The van der Waals surface area contributed by atoms with Gasteiger partial charge in [-0.05, 0) is 29.7 Å². The molecule has 5 heteroatoms. The Labute approximate surface area is 117 Å². The average molecular weight is 272 g/mol. The smallest absolute Gasteiger partial charge is 0.269 e. The number of ether oxygens (including phenoxy) is 1. The minimum Gasteiger partial charge on any atom is -0.497 e. The number of benzene rings is 2. The van der Waals surface area contributed by atoms with E-state index in [0.29, 0.717) is 6.42 Å². The highest BCUT2D eigenvalue weighted by atomic mass is 16.6. The van der Waals surface area contributed by atoms with Gasteiger partial charge in [0.1, 0.15) is 5.75 Å². The Kier molecular flexibility index (Phi) is 4.32. The first-order chi connectivity index (χ1) is 9.60. The summed E-state index contributed by atoms with van der Waals surface area (Å²) in [5, 5.41) is 10.6. The molecule has 0 spiro atoms. The molecule has 0 aliphatic rings. The second-order valence-electron chi connectivity index (χ2n) is 4.51. The van der Waals surface area contributed by atoms with Crippen LogP contribution in [-0.4, -0.2) is 12.0 Å². The molecular weight excluding hydrogens is 256 g/mol. The predicted octanol–water partition coefficient (Wildman–Crippen LogP) is 2.85. The van der Waals surface area contributed by atoms with Crippen LogP contribution >= 0.6 is 0 Å². The second kappa shape index (κ2) is 6.16. The molecule has 0 fully saturated rings. The van der Waals surface area contributed by atoms with Crippen molar-refractivity contribution < 1.29 is 9.66 Å². The van der Waals surface area contributed by atoms with Crippen molar-refractivity contribution in [2.45, 2.75) is 12.5 Å². The molecule has 2 aromatic rings. The Morgan fingerprint density at radius 1 is 1.25 bits per heavy atom. The van der Waals surface area contributed by atoms with E-state index < -0.39 is 4.92 Å². The number of nitrogens with two attached hydrogens (primary N) is 1. The predicted molar refractivity (Wildman–Crippen MR) is 76.7 cm³/mol. The highest BCUT2D eigenvalue weighted by molar-refractivity contribution is 5.35. The number of methoxy groups -OCH3 is 1. The molecule has 0 bridgehead atoms. The lowest BCUT2D eigenvalue weighted by atomic mass is 9.99. The van der Waals surface area contributed by atoms with Crippen molar-refractivity contribution in [3.63, 3.8) is 0 Å². The third-order valence-electron chi connectivity index (χ3n) is 3.12. The first-order valence-electron chi connectivity index (χ1n) is 6.23. The van der Waals surface area contributed by atoms with Crippen molar-refractivity contribution in [1.29, 1.82) is 0 Å². The molecule has 0 amide bonds. The Hall–Kier alpha value is -2.40. The first kappa shape index (κ1) is 14.0. The molecule has 2 aromatic carbocycles. The van der Waals surface area contributed by atoms with Crippen LogP contribution in [0.4, 0.5) is 5.69 Å². The van der Waals surface area contributed by atoms with Gasteiger partial charge in [-0.3, -0.25) is 10.1 Å². The van der Waals surface area contributed by atoms with Crippen LogP contribution < -0.4 is 10.5 Å². The summed E-state index contributed by atoms with van der Waals surface area (Å²) in [4.78, 5) is 10.2. The fourth-order valence-corrected chi connectivity index (χ4v) is 2.00. The van der Waals surface area contributed by atoms with E-state index in [9.17, 15) is 10.1 Å². The van der Waals surface area contributed by atoms with Crippen LogP contribution in [0.1, 0.15) is 17.2 Å². The van der Waals surface area contributed by atoms with Crippen molar-refractivity contribution in [3.05, 3.63) is 69.8 Å². The van der Waals surface area contributed by atoms with Gasteiger partial charge in [-0.2, -0.15) is 0 Å². The Morgan fingerprint density at radius 2 is 1.95 bits per heavy atom. The van der Waals surface area contributed by atoms with Gasteiger partial charge in [0.05, 0.1) is 12.0 Å². The molecule has 20 heavy (non-hydrogen) atoms. The van der Waals surface area contributed by atoms with Crippen LogP contribution in [0, 0.1) is 10.1 Å². The molecular formula is C15H16N2O3. The average Bonchev–Trinajstić information content (AvgIpc) is 2.47. The summed E-state index contributed by atoms with van der Waals surface area (Å²) in [5.41, 5.74) is 8.18. The molecule has 5 nitrogen and oxygen atoms in total. The maximum atomic E-state index is 10.6. The minimum absolute atomic E-state index is 0.0868. The molecule has 0 aliphatic carbocycles. The van der Waals surface area contributed by atoms with Crippen LogP contribution in [0.2, 0.25) is 0 Å². The van der Waals surface area contributed by atoms with Crippen molar-refractivity contribution in [2.75, 3.05) is 7.11 Å². The summed E-state index contributed by atoms with van der Waals surface area (Å²) in [7, 11) is 1.61. The van der Waals surface area contributed by atoms with Crippen LogP contribution in [0.5, 0.6) is 5.75 Å². The largest absolute Gasteiger partial charge is 0.497 e. The van der Waals surface area contributed by atoms with E-state index in [2.05, 4.69) is 0 Å². The van der Waals surface area contributed by atoms with Crippen LogP contribution in [0.3, 0.4) is 0 Å². The summed E-state index contributed by atoms with van der Waals surface area (Å²) >= 11 is 0. The van der Waals surface area contributed by atoms with Gasteiger partial charge in [-0.15, -0.1) is 0 Å². The Morgan fingerprint density at radius 3 is 2.55 bits per heavy atom. The lowest BCUT2D eigenvalue weighted by Gasteiger charge is -2.13. The van der Waals surface area contributed by atoms with Gasteiger partial charge < -0.3 is 10.5 Å². The maximum absolute atomic E-state index is 10.6. The van der Waals surface area contributed by atoms with E-state index in [-0.39, 0.29) is 11.7 Å². The van der Waals surface area contributed by atoms with E-state index in [1.165, 1.54) is 12.1 Å². The molecule has 0 radical (unpaired) electrons. The number of nitro groups is 1. The highest BCUT2D eigenvalue weighted by Crippen LogP contribution is 2.21. The van der Waals surface area contributed by atoms with Crippen molar-refractivity contribution >= 4 is 5.69 Å². The topological polar surface area (TPSA) is 78.4 Å². The zero-order valence-electron chi connectivity index (χ0n) is 11.2. The fraction of sp³-hybridized carbons (Fsp3) is 0.200. The third kappa shape index (κ3) is 3.33. The Bertz CT molecular complexity index is 596. The SMILES string of the molecule is COc1cccc(C(N)Cc2ccc([N+](=O)[O-])cc2)c1. The van der Waals surface area contributed by atoms with Gasteiger partial charge >= 0.3 is 0 Å². The van der Waals surface area contributed by atoms with E-state index in [0.717, 1.165) is 16.9 Å². The zero-order chi connectivity index (χ0) is 14.5. The van der Waals surface area contributed by atoms with Crippen LogP contribution in [0.25, 0.3) is 0 Å². The van der Waals surface area contributed by atoms with Crippen LogP contribution in [0.15, 0.2) is 48.5 Å². The lowest BCUT2D eigenvalue weighted by molar-refractivity contribution is -0.384. The summed E-state index contributed by atoms with van der Waals surface area (Å²) in [6.07, 6.45) is 0.616. The summed E-state index contributed by atoms with van der Waals surface area (Å²) in [5.74, 6) is 0.765. The highest BCUT2D eigenvalue weighted by Gasteiger charge is 2.10. The fourth-order valence-electron chi connectivity index (χ4n) is 2.00. The molecule has 104 valence electrons. The normalized spacial score (nSPS) is 11.9. The molecule has 1 unspecified atom stereocenters. The molecule has 2 N–H and O–H groups in total. The number of rotatable bonds is 5.